The van der Waals surface area contributed by atoms with Gasteiger partial charge in [0.05, 0.1) is 12.7 Å². The Balaban J connectivity index is 0.00000196. The van der Waals surface area contributed by atoms with E-state index in [2.05, 4.69) is 58.7 Å². The van der Waals surface area contributed by atoms with Crippen molar-refractivity contribution in [2.75, 3.05) is 31.6 Å². The summed E-state index contributed by atoms with van der Waals surface area (Å²) in [5, 5.41) is 3.56. The van der Waals surface area contributed by atoms with Crippen molar-refractivity contribution < 1.29 is 4.74 Å². The van der Waals surface area contributed by atoms with Crippen LogP contribution < -0.4 is 5.32 Å². The first-order chi connectivity index (χ1) is 12.4. The summed E-state index contributed by atoms with van der Waals surface area (Å²) in [7, 11) is 0. The van der Waals surface area contributed by atoms with Gasteiger partial charge < -0.3 is 10.1 Å². The highest BCUT2D eigenvalue weighted by atomic mass is 35.5. The van der Waals surface area contributed by atoms with Crippen molar-refractivity contribution in [1.29, 1.82) is 0 Å². The summed E-state index contributed by atoms with van der Waals surface area (Å²) in [6.45, 7) is 5.26. The molecular weight excluding hydrogens is 344 g/mol. The molecule has 1 N–H and O–H groups in total. The number of piperidine rings is 1. The minimum absolute atomic E-state index is 0. The first-order valence-corrected chi connectivity index (χ1v) is 9.61. The highest BCUT2D eigenvalue weighted by molar-refractivity contribution is 5.85. The molecule has 1 fully saturated rings. The van der Waals surface area contributed by atoms with Crippen molar-refractivity contribution in [3.8, 4) is 0 Å². The molecule has 0 bridgehead atoms. The second-order valence-electron chi connectivity index (χ2n) is 7.21. The third-order valence-electron chi connectivity index (χ3n) is 5.45. The van der Waals surface area contributed by atoms with Gasteiger partial charge in [0.1, 0.15) is 0 Å². The van der Waals surface area contributed by atoms with Gasteiger partial charge in [-0.1, -0.05) is 48.5 Å². The summed E-state index contributed by atoms with van der Waals surface area (Å²) in [5.41, 5.74) is 5.70. The predicted molar refractivity (Wildman–Crippen MR) is 110 cm³/mol. The van der Waals surface area contributed by atoms with Crippen LogP contribution in [-0.4, -0.2) is 37.2 Å². The molecule has 0 aliphatic carbocycles. The molecule has 2 heterocycles. The first kappa shape index (κ1) is 19.2. The van der Waals surface area contributed by atoms with Crippen molar-refractivity contribution in [1.82, 2.24) is 4.90 Å². The normalized spacial score (nSPS) is 17.4. The van der Waals surface area contributed by atoms with Crippen LogP contribution in [0.15, 0.2) is 48.5 Å². The number of likely N-dealkylation sites (tertiary alicyclic amines) is 1. The fourth-order valence-electron chi connectivity index (χ4n) is 4.01. The molecule has 0 saturated carbocycles. The zero-order valence-electron chi connectivity index (χ0n) is 15.3. The Kier molecular flexibility index (Phi) is 6.95. The van der Waals surface area contributed by atoms with Gasteiger partial charge >= 0.3 is 0 Å². The maximum Gasteiger partial charge on any atom is 0.0599 e. The molecule has 0 amide bonds. The van der Waals surface area contributed by atoms with Crippen LogP contribution in [-0.2, 0) is 24.1 Å². The van der Waals surface area contributed by atoms with Crippen molar-refractivity contribution in [2.45, 2.75) is 38.3 Å². The molecule has 0 radical (unpaired) electrons. The third kappa shape index (κ3) is 4.79. The van der Waals surface area contributed by atoms with E-state index in [-0.39, 0.29) is 12.4 Å². The van der Waals surface area contributed by atoms with Crippen LogP contribution in [0, 0.1) is 0 Å². The number of halogens is 1. The zero-order valence-corrected chi connectivity index (χ0v) is 16.1. The number of rotatable bonds is 6. The van der Waals surface area contributed by atoms with Crippen molar-refractivity contribution >= 4 is 18.1 Å². The van der Waals surface area contributed by atoms with Crippen LogP contribution in [0.25, 0.3) is 0 Å². The lowest BCUT2D eigenvalue weighted by Gasteiger charge is -2.32. The molecule has 1 saturated heterocycles. The highest BCUT2D eigenvalue weighted by Gasteiger charge is 2.21. The SMILES string of the molecule is Cl.c1ccc(CCOC2CCN(Cc3cccc4c3NCC4)CC2)cc1. The molecule has 2 aliphatic heterocycles. The van der Waals surface area contributed by atoms with Crippen LogP contribution in [0.2, 0.25) is 0 Å². The summed E-state index contributed by atoms with van der Waals surface area (Å²) >= 11 is 0. The number of anilines is 1. The monoisotopic (exact) mass is 372 g/mol. The smallest absolute Gasteiger partial charge is 0.0599 e. The fraction of sp³-hybridized carbons (Fsp3) is 0.455. The lowest BCUT2D eigenvalue weighted by molar-refractivity contribution is 0.00743. The van der Waals surface area contributed by atoms with E-state index in [9.17, 15) is 0 Å². The van der Waals surface area contributed by atoms with E-state index in [1.54, 1.807) is 0 Å². The van der Waals surface area contributed by atoms with Crippen molar-refractivity contribution in [2.24, 2.45) is 0 Å². The summed E-state index contributed by atoms with van der Waals surface area (Å²) in [4.78, 5) is 2.58. The van der Waals surface area contributed by atoms with E-state index in [1.165, 1.54) is 28.8 Å². The van der Waals surface area contributed by atoms with Crippen LogP contribution in [0.4, 0.5) is 5.69 Å². The molecule has 4 heteroatoms. The third-order valence-corrected chi connectivity index (χ3v) is 5.45. The lowest BCUT2D eigenvalue weighted by atomic mass is 10.0. The highest BCUT2D eigenvalue weighted by Crippen LogP contribution is 2.28. The molecule has 26 heavy (non-hydrogen) atoms. The van der Waals surface area contributed by atoms with Crippen LogP contribution in [0.1, 0.15) is 29.5 Å². The van der Waals surface area contributed by atoms with Gasteiger partial charge in [-0.25, -0.2) is 0 Å². The quantitative estimate of drug-likeness (QED) is 0.818. The van der Waals surface area contributed by atoms with E-state index in [0.29, 0.717) is 6.10 Å². The molecular formula is C22H29ClN2O. The average Bonchev–Trinajstić information content (AvgIpc) is 3.14. The Morgan fingerprint density at radius 1 is 1.00 bits per heavy atom. The summed E-state index contributed by atoms with van der Waals surface area (Å²) in [5.74, 6) is 0. The predicted octanol–water partition coefficient (Wildman–Crippen LogP) is 4.30. The summed E-state index contributed by atoms with van der Waals surface area (Å²) in [6.07, 6.45) is 4.91. The maximum atomic E-state index is 6.12. The fourth-order valence-corrected chi connectivity index (χ4v) is 4.01. The van der Waals surface area contributed by atoms with E-state index < -0.39 is 0 Å². The van der Waals surface area contributed by atoms with Crippen molar-refractivity contribution in [3.05, 3.63) is 65.2 Å². The molecule has 0 aromatic heterocycles. The Hall–Kier alpha value is -1.55. The molecule has 0 unspecified atom stereocenters. The van der Waals surface area contributed by atoms with E-state index in [1.807, 2.05) is 0 Å². The van der Waals surface area contributed by atoms with Crippen molar-refractivity contribution in [3.63, 3.8) is 0 Å². The topological polar surface area (TPSA) is 24.5 Å². The number of nitrogens with one attached hydrogen (secondary N) is 1. The second kappa shape index (κ2) is 9.40. The van der Waals surface area contributed by atoms with Crippen LogP contribution in [0.3, 0.4) is 0 Å². The molecule has 140 valence electrons. The first-order valence-electron chi connectivity index (χ1n) is 9.61. The minimum Gasteiger partial charge on any atom is -0.384 e. The van der Waals surface area contributed by atoms with Gasteiger partial charge in [0, 0.05) is 31.9 Å². The molecule has 2 aliphatic rings. The van der Waals surface area contributed by atoms with E-state index in [4.69, 9.17) is 4.74 Å². The number of hydrogen-bond donors (Lipinski definition) is 1. The zero-order chi connectivity index (χ0) is 16.9. The number of fused-ring (bicyclic) bond motifs is 1. The molecule has 0 spiro atoms. The Morgan fingerprint density at radius 3 is 2.62 bits per heavy atom. The van der Waals surface area contributed by atoms with Gasteiger partial charge in [0.15, 0.2) is 0 Å². The molecule has 4 rings (SSSR count). The minimum atomic E-state index is 0. The van der Waals surface area contributed by atoms with Crippen LogP contribution >= 0.6 is 12.4 Å². The molecule has 0 atom stereocenters. The van der Waals surface area contributed by atoms with Gasteiger partial charge in [-0.05, 0) is 42.4 Å². The lowest BCUT2D eigenvalue weighted by Crippen LogP contribution is -2.36. The summed E-state index contributed by atoms with van der Waals surface area (Å²) < 4.78 is 6.12. The second-order valence-corrected chi connectivity index (χ2v) is 7.21. The number of nitrogens with zero attached hydrogens (tertiary/aromatic N) is 1. The number of benzene rings is 2. The average molecular weight is 373 g/mol. The van der Waals surface area contributed by atoms with Gasteiger partial charge in [0.2, 0.25) is 0 Å². The maximum absolute atomic E-state index is 6.12. The van der Waals surface area contributed by atoms with Gasteiger partial charge in [-0.2, -0.15) is 0 Å². The van der Waals surface area contributed by atoms with E-state index >= 15 is 0 Å². The molecule has 2 aromatic rings. The Labute approximate surface area is 163 Å². The standard InChI is InChI=1S/C22H28N2O.ClH/c1-2-5-18(6-3-1)12-16-25-21-10-14-24(15-11-21)17-20-8-4-7-19-9-13-23-22(19)20;/h1-8,21,23H,9-17H2;1H. The molecule has 2 aromatic carbocycles. The number of ether oxygens (including phenoxy) is 1. The molecule has 3 nitrogen and oxygen atoms in total. The van der Waals surface area contributed by atoms with E-state index in [0.717, 1.165) is 52.0 Å². The Morgan fingerprint density at radius 2 is 1.81 bits per heavy atom. The van der Waals surface area contributed by atoms with Gasteiger partial charge in [0.25, 0.3) is 0 Å². The Bertz CT molecular complexity index is 684. The largest absolute Gasteiger partial charge is 0.384 e. The summed E-state index contributed by atoms with van der Waals surface area (Å²) in [6, 6.07) is 17.4. The van der Waals surface area contributed by atoms with Crippen LogP contribution in [0.5, 0.6) is 0 Å². The van der Waals surface area contributed by atoms with Gasteiger partial charge in [-0.3, -0.25) is 4.90 Å². The number of hydrogen-bond acceptors (Lipinski definition) is 3. The number of para-hydroxylation sites is 1. The van der Waals surface area contributed by atoms with Gasteiger partial charge in [-0.15, -0.1) is 12.4 Å².